The van der Waals surface area contributed by atoms with Crippen LogP contribution in [0.5, 0.6) is 0 Å². The highest BCUT2D eigenvalue weighted by molar-refractivity contribution is 9.10. The van der Waals surface area contributed by atoms with Crippen LogP contribution in [0.2, 0.25) is 0 Å². The second-order valence-electron chi connectivity index (χ2n) is 5.34. The Morgan fingerprint density at radius 1 is 1.19 bits per heavy atom. The fraction of sp³-hybridized carbons (Fsp3) is 0.400. The van der Waals surface area contributed by atoms with Crippen molar-refractivity contribution in [3.05, 3.63) is 33.8 Å². The maximum atomic E-state index is 12.5. The van der Waals surface area contributed by atoms with Crippen molar-refractivity contribution in [3.63, 3.8) is 0 Å². The number of hydrogen-bond acceptors (Lipinski definition) is 4. The summed E-state index contributed by atoms with van der Waals surface area (Å²) in [5.41, 5.74) is 0.969. The van der Waals surface area contributed by atoms with Crippen LogP contribution in [0.1, 0.15) is 33.6 Å². The molecule has 108 valence electrons. The van der Waals surface area contributed by atoms with Crippen molar-refractivity contribution in [1.82, 2.24) is 9.80 Å². The number of nitriles is 1. The molecule has 0 spiro atoms. The molecule has 2 heterocycles. The topological polar surface area (TPSA) is 64.4 Å². The van der Waals surface area contributed by atoms with Crippen LogP contribution < -0.4 is 0 Å². The van der Waals surface area contributed by atoms with Crippen LogP contribution in [0, 0.1) is 11.3 Å². The molecule has 1 fully saturated rings. The van der Waals surface area contributed by atoms with Gasteiger partial charge in [0.05, 0.1) is 23.7 Å². The lowest BCUT2D eigenvalue weighted by Gasteiger charge is -2.34. The Balaban J connectivity index is 1.78. The third-order valence-corrected chi connectivity index (χ3v) is 4.59. The van der Waals surface area contributed by atoms with E-state index in [1.807, 2.05) is 4.90 Å². The molecular formula is C15H14BrN3O2. The lowest BCUT2D eigenvalue weighted by atomic mass is 10.0. The van der Waals surface area contributed by atoms with Crippen LogP contribution in [0.3, 0.4) is 0 Å². The van der Waals surface area contributed by atoms with E-state index >= 15 is 0 Å². The summed E-state index contributed by atoms with van der Waals surface area (Å²) in [5.74, 6) is -0.392. The van der Waals surface area contributed by atoms with E-state index in [1.54, 1.807) is 18.2 Å². The van der Waals surface area contributed by atoms with Crippen molar-refractivity contribution < 1.29 is 9.59 Å². The minimum Gasteiger partial charge on any atom is -0.290 e. The first kappa shape index (κ1) is 14.2. The van der Waals surface area contributed by atoms with E-state index in [0.29, 0.717) is 17.7 Å². The summed E-state index contributed by atoms with van der Waals surface area (Å²) in [6, 6.07) is 7.26. The number of hydrogen-bond donors (Lipinski definition) is 0. The fourth-order valence-corrected chi connectivity index (χ4v) is 3.36. The molecule has 2 aliphatic rings. The van der Waals surface area contributed by atoms with Gasteiger partial charge in [0, 0.05) is 23.6 Å². The molecule has 0 N–H and O–H groups in total. The molecule has 0 saturated carbocycles. The maximum Gasteiger partial charge on any atom is 0.261 e. The lowest BCUT2D eigenvalue weighted by molar-refractivity contribution is 0.0510. The van der Waals surface area contributed by atoms with Crippen molar-refractivity contribution in [3.8, 4) is 6.07 Å². The van der Waals surface area contributed by atoms with Gasteiger partial charge in [-0.1, -0.05) is 15.9 Å². The second kappa shape index (κ2) is 5.58. The van der Waals surface area contributed by atoms with Gasteiger partial charge >= 0.3 is 0 Å². The molecule has 2 aliphatic heterocycles. The zero-order chi connectivity index (χ0) is 15.0. The van der Waals surface area contributed by atoms with Crippen LogP contribution in [0.4, 0.5) is 0 Å². The summed E-state index contributed by atoms with van der Waals surface area (Å²) in [6.07, 6.45) is 1.46. The number of halogens is 1. The molecule has 3 rings (SSSR count). The molecule has 21 heavy (non-hydrogen) atoms. The Labute approximate surface area is 131 Å². The first-order valence-corrected chi connectivity index (χ1v) is 7.68. The van der Waals surface area contributed by atoms with Crippen molar-refractivity contribution >= 4 is 27.7 Å². The molecule has 1 saturated heterocycles. The largest absolute Gasteiger partial charge is 0.290 e. The maximum absolute atomic E-state index is 12.5. The van der Waals surface area contributed by atoms with Crippen LogP contribution in [0.25, 0.3) is 0 Å². The zero-order valence-electron chi connectivity index (χ0n) is 11.4. The van der Waals surface area contributed by atoms with E-state index in [-0.39, 0.29) is 17.9 Å². The summed E-state index contributed by atoms with van der Waals surface area (Å²) in [6.45, 7) is 1.90. The van der Waals surface area contributed by atoms with Gasteiger partial charge in [-0.3, -0.25) is 19.4 Å². The highest BCUT2D eigenvalue weighted by Crippen LogP contribution is 2.30. The zero-order valence-corrected chi connectivity index (χ0v) is 13.0. The molecule has 0 atom stereocenters. The highest BCUT2D eigenvalue weighted by Gasteiger charge is 2.40. The smallest absolute Gasteiger partial charge is 0.261 e. The third-order valence-electron chi connectivity index (χ3n) is 4.10. The Morgan fingerprint density at radius 3 is 2.52 bits per heavy atom. The molecule has 0 unspecified atom stereocenters. The van der Waals surface area contributed by atoms with Gasteiger partial charge in [-0.05, 0) is 31.0 Å². The number of benzene rings is 1. The van der Waals surface area contributed by atoms with E-state index in [0.717, 1.165) is 30.4 Å². The average Bonchev–Trinajstić information content (AvgIpc) is 2.72. The first-order valence-electron chi connectivity index (χ1n) is 6.88. The number of rotatable bonds is 2. The summed E-state index contributed by atoms with van der Waals surface area (Å²) < 4.78 is 0.799. The molecule has 2 amide bonds. The minimum absolute atomic E-state index is 0.0638. The van der Waals surface area contributed by atoms with Crippen molar-refractivity contribution in [2.24, 2.45) is 0 Å². The molecule has 6 heteroatoms. The number of carbonyl (C=O) groups is 2. The number of likely N-dealkylation sites (tertiary alicyclic amines) is 1. The predicted octanol–water partition coefficient (Wildman–Crippen LogP) is 2.03. The fourth-order valence-electron chi connectivity index (χ4n) is 3.00. The van der Waals surface area contributed by atoms with Crippen molar-refractivity contribution in [2.75, 3.05) is 19.6 Å². The number of carbonyl (C=O) groups excluding carboxylic acids is 2. The molecule has 5 nitrogen and oxygen atoms in total. The van der Waals surface area contributed by atoms with E-state index in [4.69, 9.17) is 5.26 Å². The SMILES string of the molecule is N#CCN1CCC(N2C(=O)c3ccc(Br)cc3C2=O)CC1. The van der Waals surface area contributed by atoms with Crippen LogP contribution in [-0.4, -0.2) is 47.3 Å². The van der Waals surface area contributed by atoms with Gasteiger partial charge in [0.2, 0.25) is 0 Å². The monoisotopic (exact) mass is 347 g/mol. The molecule has 0 aliphatic carbocycles. The molecule has 1 aromatic carbocycles. The standard InChI is InChI=1S/C15H14BrN3O2/c16-10-1-2-12-13(9-10)15(21)19(14(12)20)11-3-6-18(7-4-11)8-5-17/h1-2,9,11H,3-4,6-8H2. The van der Waals surface area contributed by atoms with Crippen LogP contribution in [-0.2, 0) is 0 Å². The van der Waals surface area contributed by atoms with Crippen LogP contribution in [0.15, 0.2) is 22.7 Å². The normalized spacial score (nSPS) is 19.7. The molecule has 1 aromatic rings. The van der Waals surface area contributed by atoms with E-state index < -0.39 is 0 Å². The van der Waals surface area contributed by atoms with E-state index in [2.05, 4.69) is 22.0 Å². The minimum atomic E-state index is -0.199. The van der Waals surface area contributed by atoms with Gasteiger partial charge in [0.1, 0.15) is 0 Å². The number of amides is 2. The lowest BCUT2D eigenvalue weighted by Crippen LogP contribution is -2.47. The summed E-state index contributed by atoms with van der Waals surface area (Å²) in [7, 11) is 0. The quantitative estimate of drug-likeness (QED) is 0.606. The van der Waals surface area contributed by atoms with Crippen molar-refractivity contribution in [2.45, 2.75) is 18.9 Å². The van der Waals surface area contributed by atoms with Gasteiger partial charge in [0.15, 0.2) is 0 Å². The highest BCUT2D eigenvalue weighted by atomic mass is 79.9. The number of nitrogens with zero attached hydrogens (tertiary/aromatic N) is 3. The number of piperidine rings is 1. The molecular weight excluding hydrogens is 334 g/mol. The Morgan fingerprint density at radius 2 is 1.86 bits per heavy atom. The van der Waals surface area contributed by atoms with E-state index in [9.17, 15) is 9.59 Å². The van der Waals surface area contributed by atoms with Gasteiger partial charge in [-0.15, -0.1) is 0 Å². The van der Waals surface area contributed by atoms with Crippen LogP contribution >= 0.6 is 15.9 Å². The molecule has 0 bridgehead atoms. The van der Waals surface area contributed by atoms with Gasteiger partial charge in [-0.2, -0.15) is 5.26 Å². The third kappa shape index (κ3) is 2.47. The molecule has 0 aromatic heterocycles. The van der Waals surface area contributed by atoms with Crippen molar-refractivity contribution in [1.29, 1.82) is 5.26 Å². The van der Waals surface area contributed by atoms with E-state index in [1.165, 1.54) is 4.90 Å². The Bertz CT molecular complexity index is 645. The second-order valence-corrected chi connectivity index (χ2v) is 6.25. The Kier molecular flexibility index (Phi) is 3.79. The Hall–Kier alpha value is -1.71. The predicted molar refractivity (Wildman–Crippen MR) is 79.7 cm³/mol. The summed E-state index contributed by atoms with van der Waals surface area (Å²) in [4.78, 5) is 28.4. The summed E-state index contributed by atoms with van der Waals surface area (Å²) in [5, 5.41) is 8.71. The average molecular weight is 348 g/mol. The number of fused-ring (bicyclic) bond motifs is 1. The van der Waals surface area contributed by atoms with Gasteiger partial charge in [-0.25, -0.2) is 0 Å². The first-order chi connectivity index (χ1) is 10.1. The number of imide groups is 1. The summed E-state index contributed by atoms with van der Waals surface area (Å²) >= 11 is 3.33. The van der Waals surface area contributed by atoms with Gasteiger partial charge in [0.25, 0.3) is 11.8 Å². The molecule has 0 radical (unpaired) electrons. The van der Waals surface area contributed by atoms with Gasteiger partial charge < -0.3 is 0 Å².